The van der Waals surface area contributed by atoms with Crippen LogP contribution in [0.15, 0.2) is 0 Å². The van der Waals surface area contributed by atoms with E-state index in [2.05, 4.69) is 4.74 Å². The summed E-state index contributed by atoms with van der Waals surface area (Å²) in [6.07, 6.45) is 4.40. The van der Waals surface area contributed by atoms with E-state index in [0.717, 1.165) is 32.1 Å². The van der Waals surface area contributed by atoms with Gasteiger partial charge < -0.3 is 9.84 Å². The average molecular weight is 324 g/mol. The van der Waals surface area contributed by atoms with Gasteiger partial charge in [0.2, 0.25) is 10.7 Å². The van der Waals surface area contributed by atoms with E-state index in [1.54, 1.807) is 0 Å². The summed E-state index contributed by atoms with van der Waals surface area (Å²) in [6.45, 7) is -0.236. The Labute approximate surface area is 122 Å². The summed E-state index contributed by atoms with van der Waals surface area (Å²) in [6, 6.07) is 0. The second-order valence-corrected chi connectivity index (χ2v) is 8.14. The highest BCUT2D eigenvalue weighted by Crippen LogP contribution is 2.61. The molecular weight excluding hydrogens is 306 g/mol. The molecule has 2 unspecified atom stereocenters. The smallest absolute Gasteiger partial charge is 0.437 e. The van der Waals surface area contributed by atoms with E-state index < -0.39 is 32.9 Å². The van der Waals surface area contributed by atoms with Gasteiger partial charge in [-0.25, -0.2) is 13.2 Å². The fourth-order valence-electron chi connectivity index (χ4n) is 4.95. The number of aliphatic hydroxyl groups is 1. The van der Waals surface area contributed by atoms with Gasteiger partial charge in [-0.15, -0.1) is 0 Å². The minimum absolute atomic E-state index is 0.236. The molecule has 5 nitrogen and oxygen atoms in total. The molecule has 4 saturated carbocycles. The second-order valence-electron chi connectivity index (χ2n) is 7.06. The van der Waals surface area contributed by atoms with Gasteiger partial charge in [-0.3, -0.25) is 0 Å². The molecule has 21 heavy (non-hydrogen) atoms. The van der Waals surface area contributed by atoms with Crippen molar-refractivity contribution in [3.05, 3.63) is 0 Å². The third-order valence-electron chi connectivity index (χ3n) is 5.14. The van der Waals surface area contributed by atoms with Gasteiger partial charge in [0.05, 0.1) is 12.2 Å². The van der Waals surface area contributed by atoms with Crippen LogP contribution in [0, 0.1) is 17.3 Å². The van der Waals surface area contributed by atoms with E-state index in [0.29, 0.717) is 18.3 Å². The molecular formula is C13H18F2O5S. The summed E-state index contributed by atoms with van der Waals surface area (Å²) >= 11 is 0. The lowest BCUT2D eigenvalue weighted by atomic mass is 9.48. The molecule has 4 aliphatic carbocycles. The molecule has 0 amide bonds. The van der Waals surface area contributed by atoms with E-state index in [1.807, 2.05) is 0 Å². The largest absolute Gasteiger partial charge is 0.460 e. The lowest BCUT2D eigenvalue weighted by molar-refractivity contribution is -0.193. The number of ether oxygens (including phenoxy) is 1. The van der Waals surface area contributed by atoms with Crippen molar-refractivity contribution >= 4 is 16.7 Å². The van der Waals surface area contributed by atoms with E-state index >= 15 is 0 Å². The summed E-state index contributed by atoms with van der Waals surface area (Å²) < 4.78 is 51.5. The van der Waals surface area contributed by atoms with Crippen LogP contribution in [0.25, 0.3) is 0 Å². The molecule has 4 bridgehead atoms. The molecule has 4 aliphatic rings. The topological polar surface area (TPSA) is 80.7 Å². The van der Waals surface area contributed by atoms with Gasteiger partial charge in [-0.05, 0) is 50.4 Å². The zero-order valence-corrected chi connectivity index (χ0v) is 12.3. The lowest BCUT2D eigenvalue weighted by Crippen LogP contribution is -2.57. The first-order chi connectivity index (χ1) is 9.64. The summed E-state index contributed by atoms with van der Waals surface area (Å²) in [5, 5.41) is 6.02. The van der Waals surface area contributed by atoms with Crippen LogP contribution in [0.3, 0.4) is 0 Å². The maximum absolute atomic E-state index is 13.1. The first-order valence-electron chi connectivity index (χ1n) is 7.06. The molecule has 1 N–H and O–H groups in total. The predicted molar refractivity (Wildman–Crippen MR) is 68.3 cm³/mol. The molecule has 4 fully saturated rings. The third-order valence-corrected chi connectivity index (χ3v) is 5.78. The fourth-order valence-corrected chi connectivity index (χ4v) is 5.16. The molecule has 0 aromatic carbocycles. The number of esters is 1. The number of alkyl halides is 2. The Bertz CT molecular complexity index is 523. The van der Waals surface area contributed by atoms with Gasteiger partial charge in [0.1, 0.15) is 0 Å². The third kappa shape index (κ3) is 2.56. The van der Waals surface area contributed by atoms with Crippen LogP contribution < -0.4 is 0 Å². The van der Waals surface area contributed by atoms with E-state index in [1.165, 1.54) is 0 Å². The summed E-state index contributed by atoms with van der Waals surface area (Å²) in [7, 11) is -4.20. The number of hydrogen-bond acceptors (Lipinski definition) is 5. The van der Waals surface area contributed by atoms with Crippen molar-refractivity contribution < 1.29 is 31.8 Å². The molecule has 0 aliphatic heterocycles. The molecule has 2 atom stereocenters. The van der Waals surface area contributed by atoms with E-state index in [4.69, 9.17) is 0 Å². The van der Waals surface area contributed by atoms with Crippen molar-refractivity contribution in [1.29, 1.82) is 0 Å². The van der Waals surface area contributed by atoms with Gasteiger partial charge in [0.15, 0.2) is 0 Å². The zero-order valence-electron chi connectivity index (χ0n) is 11.4. The van der Waals surface area contributed by atoms with Gasteiger partial charge in [-0.2, -0.15) is 8.78 Å². The van der Waals surface area contributed by atoms with Crippen molar-refractivity contribution in [1.82, 2.24) is 0 Å². The molecule has 8 heteroatoms. The molecule has 120 valence electrons. The maximum Gasteiger partial charge on any atom is 0.437 e. The lowest BCUT2D eigenvalue weighted by Gasteiger charge is -2.59. The standard InChI is InChI=1S/C13H18F2O5S/c14-13(15,21(18)19)10(16)20-7-11-2-8-1-9(3-11)5-12(17,4-8)6-11/h8-9,17,21H,1-7H2. The SMILES string of the molecule is O=C(OCC12CC3CC(CC(O)(C3)C1)C2)C(F)(F)[SH](=O)=O. The number of halogens is 2. The van der Waals surface area contributed by atoms with Gasteiger partial charge in [0, 0.05) is 5.41 Å². The Morgan fingerprint density at radius 2 is 1.81 bits per heavy atom. The molecule has 0 aromatic heterocycles. The number of rotatable bonds is 4. The molecule has 0 heterocycles. The first kappa shape index (κ1) is 15.1. The molecule has 0 saturated heterocycles. The molecule has 0 spiro atoms. The van der Waals surface area contributed by atoms with Gasteiger partial charge in [-0.1, -0.05) is 0 Å². The van der Waals surface area contributed by atoms with E-state index in [9.17, 15) is 27.1 Å². The fraction of sp³-hybridized carbons (Fsp3) is 0.923. The Kier molecular flexibility index (Phi) is 3.33. The molecule has 4 rings (SSSR count). The maximum atomic E-state index is 13.1. The molecule has 0 aromatic rings. The van der Waals surface area contributed by atoms with E-state index in [-0.39, 0.29) is 6.61 Å². The van der Waals surface area contributed by atoms with Crippen molar-refractivity contribution in [2.75, 3.05) is 6.61 Å². The number of carbonyl (C=O) groups excluding carboxylic acids is 1. The Balaban J connectivity index is 1.70. The van der Waals surface area contributed by atoms with Crippen LogP contribution in [-0.4, -0.2) is 37.0 Å². The monoisotopic (exact) mass is 324 g/mol. The minimum Gasteiger partial charge on any atom is -0.460 e. The molecule has 0 radical (unpaired) electrons. The average Bonchev–Trinajstić information content (AvgIpc) is 2.32. The van der Waals surface area contributed by atoms with Crippen molar-refractivity contribution in [3.8, 4) is 0 Å². The quantitative estimate of drug-likeness (QED) is 0.597. The van der Waals surface area contributed by atoms with Gasteiger partial charge in [0.25, 0.3) is 0 Å². The zero-order chi connectivity index (χ0) is 15.5. The van der Waals surface area contributed by atoms with Crippen molar-refractivity contribution in [3.63, 3.8) is 0 Å². The van der Waals surface area contributed by atoms with Crippen LogP contribution in [0.4, 0.5) is 8.78 Å². The highest BCUT2D eigenvalue weighted by atomic mass is 32.2. The number of thiol groups is 1. The van der Waals surface area contributed by atoms with Crippen LogP contribution in [-0.2, 0) is 20.2 Å². The minimum atomic E-state index is -4.48. The summed E-state index contributed by atoms with van der Waals surface area (Å²) in [4.78, 5) is 11.3. The Morgan fingerprint density at radius 3 is 2.29 bits per heavy atom. The van der Waals surface area contributed by atoms with Crippen LogP contribution in [0.5, 0.6) is 0 Å². The van der Waals surface area contributed by atoms with Crippen LogP contribution >= 0.6 is 0 Å². The predicted octanol–water partition coefficient (Wildman–Crippen LogP) is 1.07. The number of hydrogen-bond donors (Lipinski definition) is 2. The first-order valence-corrected chi connectivity index (χ1v) is 8.24. The van der Waals surface area contributed by atoms with Crippen molar-refractivity contribution in [2.24, 2.45) is 17.3 Å². The summed E-state index contributed by atoms with van der Waals surface area (Å²) in [5.74, 6) is -1.33. The van der Waals surface area contributed by atoms with Crippen LogP contribution in [0.1, 0.15) is 38.5 Å². The highest BCUT2D eigenvalue weighted by Gasteiger charge is 2.58. The normalized spacial score (nSPS) is 41.5. The van der Waals surface area contributed by atoms with Crippen LogP contribution in [0.2, 0.25) is 0 Å². The van der Waals surface area contributed by atoms with Crippen molar-refractivity contribution in [2.45, 2.75) is 49.4 Å². The second kappa shape index (κ2) is 4.62. The Hall–Kier alpha value is -0.760. The number of carbonyl (C=O) groups is 1. The Morgan fingerprint density at radius 1 is 1.24 bits per heavy atom. The van der Waals surface area contributed by atoms with Gasteiger partial charge >= 0.3 is 11.2 Å². The summed E-state index contributed by atoms with van der Waals surface area (Å²) in [5.41, 5.74) is -1.25. The highest BCUT2D eigenvalue weighted by molar-refractivity contribution is 7.74.